The molecule has 118 heavy (non-hydrogen) atoms. The van der Waals surface area contributed by atoms with Crippen molar-refractivity contribution in [3.8, 4) is 86.6 Å². The summed E-state index contributed by atoms with van der Waals surface area (Å²) in [6.45, 7) is 11.0. The first-order chi connectivity index (χ1) is 54.2. The summed E-state index contributed by atoms with van der Waals surface area (Å²) < 4.78 is 95.4. The van der Waals surface area contributed by atoms with Gasteiger partial charge in [0.2, 0.25) is 44.8 Å². The van der Waals surface area contributed by atoms with Gasteiger partial charge in [0, 0.05) is 142 Å². The quantitative estimate of drug-likeness (QED) is 0.0124. The van der Waals surface area contributed by atoms with E-state index in [0.717, 1.165) is 0 Å². The number of phenols is 1. The molecule has 4 aliphatic rings. The van der Waals surface area contributed by atoms with E-state index in [9.17, 15) is 38.2 Å². The number of hydrogen-bond acceptors (Lipinski definition) is 33. The van der Waals surface area contributed by atoms with E-state index in [2.05, 4.69) is 50.1 Å². The molecule has 4 aromatic heterocycles. The molecule has 8 heterocycles. The summed E-state index contributed by atoms with van der Waals surface area (Å²) in [7, 11) is 0. The van der Waals surface area contributed by atoms with Gasteiger partial charge in [0.25, 0.3) is 12.4 Å². The number of carboxylic acid groups (broad SMARTS) is 1. The van der Waals surface area contributed by atoms with Crippen molar-refractivity contribution in [1.29, 1.82) is 0 Å². The fourth-order valence-electron chi connectivity index (χ4n) is 8.99. The number of benzene rings is 6. The molecule has 10 aromatic rings. The van der Waals surface area contributed by atoms with Gasteiger partial charge in [-0.05, 0) is 113 Å². The molecule has 1 radical (unpaired) electrons. The van der Waals surface area contributed by atoms with Gasteiger partial charge in [-0.15, -0.1) is 23.2 Å². The average molecular weight is 1930 g/mol. The number of carbonyl (C=O) groups excluding carboxylic acids is 4. The standard InChI is InChI=1S/C22H20FN3O5.C14H12N2O5.C12H8N2O5.C10H14FNO.C7H7ClN2O2.C7H6O3.CH2Cl2.CH2O3.CH4.2Cs.Li.H2O/c1-22(2,28)14-4-3-13(17(23)7-14)9-25-20(27)16-10-24-11-26-21(16)31-15-5-6-18-19(8-15)30-12-29-18;1-2-18-14(17)10-6-15-7-16-13(10)21-9-3-4-11-12(5-9)20-8-19-11;15-12(16)8-4-13-5-14-11(8)19-7-1-2-9-10(3-7)18-6-17-9;1-10(2,13)8-4-3-7(6-12)9(11)5-8;1-2-12-7(11)5-3-9-4-10-6(5)8;8-5-1-2-6-7(3-5)10-4-9-6;2-1-3;2-1-4-3;;;;;/h3-8,10-11,28H,9,12H2,1-2H3,(H,25,27);3-7H,2,8H2,1H3;1-5H,6H2,(H,15,16);3-5,13H,6,12H2,1-2H3;3-4H,2H2,1H3;1-3,8H,4H2;1H2;1,3H;1H4;;;;1H2/q;;;;;;;;;;2*+1;/p-2. The number of aromatic hydroxyl groups is 1. The first-order valence-electron chi connectivity index (χ1n) is 32.8. The Hall–Kier alpha value is -8.18. The number of ether oxygens (including phenoxy) is 13. The number of aromatic nitrogens is 8. The van der Waals surface area contributed by atoms with Crippen LogP contribution in [0.2, 0.25) is 5.15 Å². The minimum absolute atomic E-state index is 0. The van der Waals surface area contributed by atoms with Crippen LogP contribution in [0, 0.1) is 11.6 Å². The van der Waals surface area contributed by atoms with Crippen molar-refractivity contribution >= 4 is 134 Å². The summed E-state index contributed by atoms with van der Waals surface area (Å²) in [5.41, 5.74) is 5.22. The number of nitrogens with two attached hydrogens (primary N) is 1. The zero-order valence-electron chi connectivity index (χ0n) is 63.9. The summed E-state index contributed by atoms with van der Waals surface area (Å²) >= 11 is 15.1. The third-order valence-electron chi connectivity index (χ3n) is 14.4. The van der Waals surface area contributed by atoms with Crippen molar-refractivity contribution in [2.75, 3.05) is 45.7 Å². The first kappa shape index (κ1) is 106. The van der Waals surface area contributed by atoms with Crippen LogP contribution in [0.25, 0.3) is 0 Å². The second-order valence-corrected chi connectivity index (χ2v) is 24.2. The van der Waals surface area contributed by atoms with E-state index in [4.69, 9.17) is 122 Å². The van der Waals surface area contributed by atoms with Crippen molar-refractivity contribution in [3.05, 3.63) is 221 Å². The van der Waals surface area contributed by atoms with E-state index in [1.54, 1.807) is 126 Å². The van der Waals surface area contributed by atoms with E-state index >= 15 is 0 Å². The number of carboxylic acids is 1. The molecule has 6 aromatic carbocycles. The Labute approximate surface area is 818 Å². The first-order valence-corrected chi connectivity index (χ1v) is 34.3. The van der Waals surface area contributed by atoms with Gasteiger partial charge >= 0.3 is 106 Å². The van der Waals surface area contributed by atoms with Gasteiger partial charge in [0.05, 0.1) is 29.8 Å². The number of alkyl halides is 2. The van der Waals surface area contributed by atoms with Crippen LogP contribution < -0.4 is 156 Å². The number of fused-ring (bicyclic) bond motifs is 4. The molecule has 0 unspecified atom stereocenters. The number of nitrogens with zero attached hydrogens (tertiary/aromatic N) is 8. The number of aromatic carboxylic acids is 1. The number of hydrogen-bond donors (Lipinski definition) is 6. The summed E-state index contributed by atoms with van der Waals surface area (Å²) in [5, 5.41) is 48.9. The van der Waals surface area contributed by atoms with Crippen LogP contribution in [0.5, 0.6) is 86.6 Å². The molecule has 0 saturated heterocycles. The van der Waals surface area contributed by atoms with E-state index in [1.165, 1.54) is 74.4 Å². The summed E-state index contributed by atoms with van der Waals surface area (Å²) in [5.74, 6) is 2.87. The zero-order valence-corrected chi connectivity index (χ0v) is 78.7. The van der Waals surface area contributed by atoms with Gasteiger partial charge in [-0.25, -0.2) is 63.0 Å². The van der Waals surface area contributed by atoms with E-state index in [1.807, 2.05) is 0 Å². The molecular formula is C75H75Cl3Cs2F2LiN10O25. The molecule has 4 aliphatic heterocycles. The maximum absolute atomic E-state index is 14.4. The number of aliphatic hydroxyl groups is 2. The number of carbonyl (C=O) groups is 5. The molecule has 8 N–H and O–H groups in total. The predicted octanol–water partition coefficient (Wildman–Crippen LogP) is 5.05. The molecular weight excluding hydrogens is 1860 g/mol. The molecule has 0 fully saturated rings. The Kier molecular flexibility index (Phi) is 48.6. The second kappa shape index (κ2) is 54.2. The van der Waals surface area contributed by atoms with Gasteiger partial charge in [0.15, 0.2) is 46.0 Å². The smallest absolute Gasteiger partial charge is 0.870 e. The number of phenolic OH excluding ortho intramolecular Hbond substituents is 1. The summed E-state index contributed by atoms with van der Waals surface area (Å²) in [4.78, 5) is 88.2. The van der Waals surface area contributed by atoms with E-state index < -0.39 is 40.8 Å². The Balaban J connectivity index is 0.000000485. The Morgan fingerprint density at radius 3 is 1.26 bits per heavy atom. The van der Waals surface area contributed by atoms with Crippen LogP contribution in [0.3, 0.4) is 0 Å². The minimum Gasteiger partial charge on any atom is -0.870 e. The fraction of sp³-hybridized carbons (Fsp3) is 0.240. The van der Waals surface area contributed by atoms with E-state index in [-0.39, 0.29) is 290 Å². The van der Waals surface area contributed by atoms with Crippen molar-refractivity contribution < 1.29 is 218 Å². The van der Waals surface area contributed by atoms with Crippen LogP contribution in [0.4, 0.5) is 8.78 Å². The van der Waals surface area contributed by atoms with Gasteiger partial charge in [-0.1, -0.05) is 43.3 Å². The van der Waals surface area contributed by atoms with Crippen LogP contribution in [-0.2, 0) is 43.4 Å². The SMILES string of the molecule is C.CC(C)(O)c1ccc(CN)c(F)c1.CC(C)(O)c1ccc(CNC(=O)c2cncnc2Oc2ccc3c(c2)OCO3)c(F)c1.CCOC(=O)c1cncnc1Cl.CCOC(=O)c1cncnc1Oc1ccc2c(c1)OCO2.ClCCl.O=C(O)c1cncnc1Oc1ccc2c(c1)OCO2.O=CO[O-].Oc1ccc2c(c1)OCO2.[Cs+].[Cs].[Li+].[OH-]. The van der Waals surface area contributed by atoms with Crippen molar-refractivity contribution in [2.24, 2.45) is 5.73 Å². The Bertz CT molecular complexity index is 4890. The zero-order chi connectivity index (χ0) is 82.0. The van der Waals surface area contributed by atoms with Gasteiger partial charge in [-0.3, -0.25) is 9.59 Å². The average Bonchev–Trinajstić information content (AvgIpc) is 1.36. The van der Waals surface area contributed by atoms with Crippen LogP contribution in [0.1, 0.15) is 113 Å². The number of nitrogens with one attached hydrogen (secondary N) is 1. The van der Waals surface area contributed by atoms with Crippen molar-refractivity contribution in [2.45, 2.75) is 73.3 Å². The third kappa shape index (κ3) is 33.4. The van der Waals surface area contributed by atoms with Gasteiger partial charge in [0.1, 0.15) is 87.3 Å². The fourth-order valence-corrected chi connectivity index (χ4v) is 9.16. The number of rotatable bonds is 18. The number of halogens is 5. The topological polar surface area (TPSA) is 490 Å². The maximum atomic E-state index is 14.4. The maximum Gasteiger partial charge on any atom is 1.00 e. The Morgan fingerprint density at radius 2 is 0.890 bits per heavy atom. The predicted molar refractivity (Wildman–Crippen MR) is 405 cm³/mol. The molecule has 35 nitrogen and oxygen atoms in total. The largest absolute Gasteiger partial charge is 1.00 e. The van der Waals surface area contributed by atoms with Gasteiger partial charge in [-0.2, -0.15) is 0 Å². The molecule has 0 aliphatic carbocycles. The molecule has 1 amide bonds. The molecule has 613 valence electrons. The van der Waals surface area contributed by atoms with Crippen LogP contribution in [0.15, 0.2) is 159 Å². The van der Waals surface area contributed by atoms with Crippen LogP contribution >= 0.6 is 34.8 Å². The number of amides is 1. The molecule has 0 spiro atoms. The van der Waals surface area contributed by atoms with Gasteiger partial charge < -0.3 is 109 Å². The number of esters is 2. The molecule has 14 rings (SSSR count). The third-order valence-corrected chi connectivity index (χ3v) is 14.7. The second-order valence-electron chi connectivity index (χ2n) is 23.0. The molecule has 0 atom stereocenters. The minimum atomic E-state index is -1.16. The van der Waals surface area contributed by atoms with Crippen molar-refractivity contribution in [3.63, 3.8) is 0 Å². The molecule has 0 saturated carbocycles. The molecule has 43 heteroatoms. The monoisotopic (exact) mass is 1930 g/mol. The molecule has 0 bridgehead atoms. The Morgan fingerprint density at radius 1 is 0.551 bits per heavy atom. The summed E-state index contributed by atoms with van der Waals surface area (Å²) in [6.07, 6.45) is 10.2. The van der Waals surface area contributed by atoms with E-state index in [0.29, 0.717) is 86.5 Å². The summed E-state index contributed by atoms with van der Waals surface area (Å²) in [6, 6.07) is 28.8. The van der Waals surface area contributed by atoms with Crippen LogP contribution in [-0.4, -0.2) is 211 Å². The van der Waals surface area contributed by atoms with Crippen molar-refractivity contribution in [1.82, 2.24) is 45.2 Å². The normalized spacial score (nSPS) is 11.1.